The predicted molar refractivity (Wildman–Crippen MR) is 46.9 cm³/mol. The van der Waals surface area contributed by atoms with E-state index >= 15 is 0 Å². The third-order valence-corrected chi connectivity index (χ3v) is 1.61. The van der Waals surface area contributed by atoms with E-state index in [0.29, 0.717) is 5.70 Å². The summed E-state index contributed by atoms with van der Waals surface area (Å²) in [6.45, 7) is 5.51. The molecule has 0 radical (unpaired) electrons. The molecule has 4 heteroatoms. The van der Waals surface area contributed by atoms with Crippen molar-refractivity contribution in [1.82, 2.24) is 11.0 Å². The topological polar surface area (TPSA) is 36.4 Å². The first kappa shape index (κ1) is 8.52. The minimum Gasteiger partial charge on any atom is -0.286 e. The molecule has 1 rings (SSSR count). The molecule has 0 bridgehead atoms. The van der Waals surface area contributed by atoms with Crippen molar-refractivity contribution in [3.63, 3.8) is 0 Å². The maximum Gasteiger partial charge on any atom is 0.0891 e. The van der Waals surface area contributed by atoms with E-state index in [-0.39, 0.29) is 0 Å². The van der Waals surface area contributed by atoms with Crippen LogP contribution in [0.25, 0.3) is 0 Å². The van der Waals surface area contributed by atoms with Gasteiger partial charge in [0, 0.05) is 6.20 Å². The van der Waals surface area contributed by atoms with Gasteiger partial charge < -0.3 is 0 Å². The minimum absolute atomic E-state index is 0.317. The number of nitrogens with zero attached hydrogens (tertiary/aromatic N) is 1. The summed E-state index contributed by atoms with van der Waals surface area (Å²) in [5.41, 5.74) is 5.93. The van der Waals surface area contributed by atoms with Gasteiger partial charge in [-0.1, -0.05) is 6.58 Å². The molecule has 0 spiro atoms. The van der Waals surface area contributed by atoms with Crippen molar-refractivity contribution in [1.29, 1.82) is 0 Å². The van der Waals surface area contributed by atoms with Gasteiger partial charge in [-0.15, -0.1) is 4.48 Å². The lowest BCUT2D eigenvalue weighted by Crippen LogP contribution is -2.09. The van der Waals surface area contributed by atoms with Crippen molar-refractivity contribution < 1.29 is 4.48 Å². The van der Waals surface area contributed by atoms with Crippen LogP contribution in [-0.4, -0.2) is 6.21 Å². The quantitative estimate of drug-likeness (QED) is 0.579. The highest BCUT2D eigenvalue weighted by Crippen LogP contribution is 2.12. The summed E-state index contributed by atoms with van der Waals surface area (Å²) in [5.74, 6) is 0. The Kier molecular flexibility index (Phi) is 2.63. The Morgan fingerprint density at radius 2 is 2.42 bits per heavy atom. The molecule has 0 aromatic rings. The van der Waals surface area contributed by atoms with Gasteiger partial charge in [-0.05, 0) is 24.1 Å². The summed E-state index contributed by atoms with van der Waals surface area (Å²) in [6, 6.07) is 0. The third kappa shape index (κ3) is 1.72. The second-order valence-corrected chi connectivity index (χ2v) is 2.38. The zero-order valence-electron chi connectivity index (χ0n) is 6.76. The van der Waals surface area contributed by atoms with Gasteiger partial charge in [0.15, 0.2) is 0 Å². The van der Waals surface area contributed by atoms with Crippen LogP contribution in [0.4, 0.5) is 4.48 Å². The molecular formula is C8H10FN3. The Morgan fingerprint density at radius 3 is 3.08 bits per heavy atom. The molecule has 12 heavy (non-hydrogen) atoms. The summed E-state index contributed by atoms with van der Waals surface area (Å²) in [6.07, 6.45) is 4.73. The summed E-state index contributed by atoms with van der Waals surface area (Å²) in [4.78, 5) is 0. The molecule has 1 aliphatic rings. The number of hydrogen-bond donors (Lipinski definition) is 2. The SMILES string of the molecule is C=C1/C=C\N/N=C\C(NF)=C/1C. The highest BCUT2D eigenvalue weighted by Gasteiger charge is 2.02. The Morgan fingerprint density at radius 1 is 1.67 bits per heavy atom. The lowest BCUT2D eigenvalue weighted by molar-refractivity contribution is 0.395. The highest BCUT2D eigenvalue weighted by molar-refractivity contribution is 5.80. The van der Waals surface area contributed by atoms with Crippen molar-refractivity contribution in [2.75, 3.05) is 0 Å². The summed E-state index contributed by atoms with van der Waals surface area (Å²) < 4.78 is 12.1. The molecular weight excluding hydrogens is 157 g/mol. The Bertz CT molecular complexity index is 276. The first-order chi connectivity index (χ1) is 5.75. The first-order valence-electron chi connectivity index (χ1n) is 3.47. The van der Waals surface area contributed by atoms with Crippen LogP contribution in [0, 0.1) is 0 Å². The fourth-order valence-electron chi connectivity index (χ4n) is 0.773. The number of hydrazone groups is 1. The van der Waals surface area contributed by atoms with Gasteiger partial charge >= 0.3 is 0 Å². The second-order valence-electron chi connectivity index (χ2n) is 2.38. The summed E-state index contributed by atoms with van der Waals surface area (Å²) in [5, 5.41) is 3.70. The zero-order valence-corrected chi connectivity index (χ0v) is 6.76. The Hall–Kier alpha value is -1.58. The predicted octanol–water partition coefficient (Wildman–Crippen LogP) is 1.39. The molecule has 0 saturated heterocycles. The van der Waals surface area contributed by atoms with E-state index in [1.807, 2.05) is 0 Å². The summed E-state index contributed by atoms with van der Waals surface area (Å²) in [7, 11) is 0. The summed E-state index contributed by atoms with van der Waals surface area (Å²) >= 11 is 0. The number of nitrogens with one attached hydrogen (secondary N) is 2. The highest BCUT2D eigenvalue weighted by atomic mass is 19.2. The van der Waals surface area contributed by atoms with E-state index < -0.39 is 0 Å². The zero-order chi connectivity index (χ0) is 8.97. The molecule has 0 aromatic heterocycles. The number of hydrogen-bond acceptors (Lipinski definition) is 3. The van der Waals surface area contributed by atoms with Gasteiger partial charge in [-0.25, -0.2) is 5.54 Å². The molecule has 0 aliphatic carbocycles. The van der Waals surface area contributed by atoms with Gasteiger partial charge in [0.1, 0.15) is 0 Å². The Balaban J connectivity index is 3.04. The van der Waals surface area contributed by atoms with E-state index in [9.17, 15) is 4.48 Å². The molecule has 2 N–H and O–H groups in total. The molecule has 3 nitrogen and oxygen atoms in total. The van der Waals surface area contributed by atoms with E-state index in [1.165, 1.54) is 6.21 Å². The standard InChI is InChI=1S/C8H10FN3/c1-6-3-4-10-11-5-8(12-9)7(6)2/h3-5,10,12H,1H2,2H3/b4-3-,8-7+,11-5-. The van der Waals surface area contributed by atoms with Crippen LogP contribution in [-0.2, 0) is 0 Å². The van der Waals surface area contributed by atoms with Crippen molar-refractivity contribution in [2.45, 2.75) is 6.92 Å². The molecule has 0 aromatic carbocycles. The normalized spacial score (nSPS) is 28.3. The third-order valence-electron chi connectivity index (χ3n) is 1.61. The lowest BCUT2D eigenvalue weighted by atomic mass is 10.1. The molecule has 0 atom stereocenters. The molecule has 0 saturated carbocycles. The average molecular weight is 167 g/mol. The maximum absolute atomic E-state index is 12.1. The van der Waals surface area contributed by atoms with Crippen molar-refractivity contribution >= 4 is 6.21 Å². The van der Waals surface area contributed by atoms with Crippen LogP contribution < -0.4 is 11.0 Å². The molecule has 0 fully saturated rings. The van der Waals surface area contributed by atoms with Crippen LogP contribution in [0.15, 0.2) is 40.8 Å². The number of rotatable bonds is 1. The number of allylic oxidation sites excluding steroid dienone is 4. The molecule has 1 aliphatic heterocycles. The van der Waals surface area contributed by atoms with E-state index in [0.717, 1.165) is 11.1 Å². The minimum atomic E-state index is 0.317. The smallest absolute Gasteiger partial charge is 0.0891 e. The maximum atomic E-state index is 12.1. The van der Waals surface area contributed by atoms with E-state index in [4.69, 9.17) is 0 Å². The lowest BCUT2D eigenvalue weighted by Gasteiger charge is -2.07. The second kappa shape index (κ2) is 3.71. The molecule has 0 amide bonds. The van der Waals surface area contributed by atoms with Crippen molar-refractivity contribution in [3.05, 3.63) is 35.7 Å². The van der Waals surface area contributed by atoms with Crippen LogP contribution in [0.2, 0.25) is 0 Å². The first-order valence-corrected chi connectivity index (χ1v) is 3.47. The van der Waals surface area contributed by atoms with Crippen LogP contribution in [0.5, 0.6) is 0 Å². The average Bonchev–Trinajstić information content (AvgIpc) is 2.07. The van der Waals surface area contributed by atoms with Crippen LogP contribution >= 0.6 is 0 Å². The molecule has 0 unspecified atom stereocenters. The van der Waals surface area contributed by atoms with Crippen molar-refractivity contribution in [3.8, 4) is 0 Å². The monoisotopic (exact) mass is 167 g/mol. The van der Waals surface area contributed by atoms with Gasteiger partial charge in [0.05, 0.1) is 11.9 Å². The van der Waals surface area contributed by atoms with Gasteiger partial charge in [-0.3, -0.25) is 5.43 Å². The Labute approximate surface area is 70.3 Å². The largest absolute Gasteiger partial charge is 0.286 e. The molecule has 1 heterocycles. The van der Waals surface area contributed by atoms with Gasteiger partial charge in [-0.2, -0.15) is 5.10 Å². The van der Waals surface area contributed by atoms with Crippen molar-refractivity contribution in [2.24, 2.45) is 5.10 Å². The fraction of sp³-hybridized carbons (Fsp3) is 0.125. The molecule has 64 valence electrons. The number of halogens is 1. The van der Waals surface area contributed by atoms with E-state index in [2.05, 4.69) is 17.1 Å². The fourth-order valence-corrected chi connectivity index (χ4v) is 0.773. The van der Waals surface area contributed by atoms with Gasteiger partial charge in [0.2, 0.25) is 0 Å². The van der Waals surface area contributed by atoms with Gasteiger partial charge in [0.25, 0.3) is 0 Å². The van der Waals surface area contributed by atoms with Crippen LogP contribution in [0.3, 0.4) is 0 Å². The van der Waals surface area contributed by atoms with E-state index in [1.54, 1.807) is 24.7 Å². The van der Waals surface area contributed by atoms with Crippen LogP contribution in [0.1, 0.15) is 6.92 Å².